The van der Waals surface area contributed by atoms with Crippen molar-refractivity contribution in [3.05, 3.63) is 22.8 Å². The Morgan fingerprint density at radius 3 is 3.00 bits per heavy atom. The highest BCUT2D eigenvalue weighted by molar-refractivity contribution is 9.10. The minimum absolute atomic E-state index is 0. The third-order valence-electron chi connectivity index (χ3n) is 0.992. The summed E-state index contributed by atoms with van der Waals surface area (Å²) >= 11 is 3.27. The second-order valence-corrected chi connectivity index (χ2v) is 2.66. The molecule has 2 N–H and O–H groups in total. The van der Waals surface area contributed by atoms with E-state index in [2.05, 4.69) is 31.4 Å². The molecule has 1 aromatic rings. The van der Waals surface area contributed by atoms with Crippen LogP contribution in [0.25, 0.3) is 0 Å². The molecular formula is C6H7BrClN3O. The van der Waals surface area contributed by atoms with Crippen LogP contribution in [0.15, 0.2) is 28.0 Å². The third-order valence-corrected chi connectivity index (χ3v) is 1.49. The highest BCUT2D eigenvalue weighted by Crippen LogP contribution is 2.11. The minimum atomic E-state index is 0. The van der Waals surface area contributed by atoms with Gasteiger partial charge < -0.3 is 10.5 Å². The molecule has 0 aliphatic heterocycles. The van der Waals surface area contributed by atoms with Gasteiger partial charge in [0, 0.05) is 10.7 Å². The van der Waals surface area contributed by atoms with Gasteiger partial charge in [-0.25, -0.2) is 4.98 Å². The van der Waals surface area contributed by atoms with E-state index in [4.69, 9.17) is 5.21 Å². The topological polar surface area (TPSA) is 57.5 Å². The van der Waals surface area contributed by atoms with Crippen molar-refractivity contribution in [1.29, 1.82) is 0 Å². The molecule has 1 rings (SSSR count). The Kier molecular flexibility index (Phi) is 5.40. The molecule has 0 saturated carbocycles. The van der Waals surface area contributed by atoms with Crippen LogP contribution in [-0.2, 0) is 0 Å². The lowest BCUT2D eigenvalue weighted by atomic mass is 10.5. The summed E-state index contributed by atoms with van der Waals surface area (Å²) in [4.78, 5) is 3.93. The zero-order valence-corrected chi connectivity index (χ0v) is 8.34. The first kappa shape index (κ1) is 11.2. The summed E-state index contributed by atoms with van der Waals surface area (Å²) < 4.78 is 0.918. The van der Waals surface area contributed by atoms with Gasteiger partial charge in [0.05, 0.1) is 0 Å². The Morgan fingerprint density at radius 2 is 2.42 bits per heavy atom. The predicted octanol–water partition coefficient (Wildman–Crippen LogP) is 2.10. The summed E-state index contributed by atoms with van der Waals surface area (Å²) in [5.74, 6) is 0.622. The summed E-state index contributed by atoms with van der Waals surface area (Å²) in [6, 6.07) is 3.57. The van der Waals surface area contributed by atoms with Gasteiger partial charge in [0.25, 0.3) is 0 Å². The lowest BCUT2D eigenvalue weighted by Gasteiger charge is -1.96. The van der Waals surface area contributed by atoms with Crippen LogP contribution >= 0.6 is 28.3 Å². The van der Waals surface area contributed by atoms with Crippen LogP contribution in [0, 0.1) is 0 Å². The van der Waals surface area contributed by atoms with Crippen molar-refractivity contribution in [2.24, 2.45) is 5.16 Å². The molecule has 0 aliphatic rings. The Hall–Kier alpha value is -0.810. The number of hydrogen-bond acceptors (Lipinski definition) is 3. The van der Waals surface area contributed by atoms with E-state index >= 15 is 0 Å². The first-order valence-corrected chi connectivity index (χ1v) is 3.66. The second kappa shape index (κ2) is 5.79. The number of aromatic nitrogens is 1. The van der Waals surface area contributed by atoms with E-state index in [0.717, 1.165) is 10.8 Å². The molecule has 0 fully saturated rings. The van der Waals surface area contributed by atoms with Crippen molar-refractivity contribution >= 4 is 40.5 Å². The molecule has 0 bridgehead atoms. The molecule has 66 valence electrons. The van der Waals surface area contributed by atoms with Gasteiger partial charge in [0.2, 0.25) is 0 Å². The molecule has 0 unspecified atom stereocenters. The SMILES string of the molecule is Cl.O/N=C/Nc1cc(Br)ccn1. The fourth-order valence-electron chi connectivity index (χ4n) is 0.579. The van der Waals surface area contributed by atoms with Crippen LogP contribution in [0.4, 0.5) is 5.82 Å². The van der Waals surface area contributed by atoms with Crippen LogP contribution in [0.2, 0.25) is 0 Å². The maximum atomic E-state index is 8.06. The third kappa shape index (κ3) is 3.54. The van der Waals surface area contributed by atoms with Gasteiger partial charge in [-0.05, 0) is 12.1 Å². The zero-order valence-electron chi connectivity index (χ0n) is 5.94. The van der Waals surface area contributed by atoms with Gasteiger partial charge >= 0.3 is 0 Å². The molecule has 0 atom stereocenters. The van der Waals surface area contributed by atoms with Crippen LogP contribution in [0.1, 0.15) is 0 Å². The predicted molar refractivity (Wildman–Crippen MR) is 53.1 cm³/mol. The van der Waals surface area contributed by atoms with E-state index in [1.807, 2.05) is 0 Å². The van der Waals surface area contributed by atoms with E-state index in [0.29, 0.717) is 5.82 Å². The second-order valence-electron chi connectivity index (χ2n) is 1.75. The number of halogens is 2. The van der Waals surface area contributed by atoms with Crippen LogP contribution in [0.3, 0.4) is 0 Å². The van der Waals surface area contributed by atoms with E-state index in [-0.39, 0.29) is 12.4 Å². The fourth-order valence-corrected chi connectivity index (χ4v) is 0.914. The lowest BCUT2D eigenvalue weighted by Crippen LogP contribution is -1.96. The number of anilines is 1. The molecule has 0 aromatic carbocycles. The first-order chi connectivity index (χ1) is 5.33. The number of hydrogen-bond donors (Lipinski definition) is 2. The molecule has 0 aliphatic carbocycles. The molecule has 4 nitrogen and oxygen atoms in total. The molecule has 0 amide bonds. The number of oxime groups is 1. The lowest BCUT2D eigenvalue weighted by molar-refractivity contribution is 0.321. The Bertz CT molecular complexity index is 269. The van der Waals surface area contributed by atoms with Crippen molar-refractivity contribution in [1.82, 2.24) is 4.98 Å². The Morgan fingerprint density at radius 1 is 1.67 bits per heavy atom. The van der Waals surface area contributed by atoms with Crippen molar-refractivity contribution in [2.75, 3.05) is 5.32 Å². The molecule has 6 heteroatoms. The van der Waals surface area contributed by atoms with Gasteiger partial charge in [-0.2, -0.15) is 0 Å². The minimum Gasteiger partial charge on any atom is -0.410 e. The largest absolute Gasteiger partial charge is 0.410 e. The molecule has 12 heavy (non-hydrogen) atoms. The Labute approximate surface area is 84.2 Å². The summed E-state index contributed by atoms with van der Waals surface area (Å²) in [5, 5.41) is 13.5. The maximum Gasteiger partial charge on any atom is 0.133 e. The number of pyridine rings is 1. The molecule has 0 radical (unpaired) electrons. The van der Waals surface area contributed by atoms with Crippen LogP contribution < -0.4 is 5.32 Å². The summed E-state index contributed by atoms with van der Waals surface area (Å²) in [5.41, 5.74) is 0. The quantitative estimate of drug-likeness (QED) is 0.367. The van der Waals surface area contributed by atoms with E-state index in [9.17, 15) is 0 Å². The average Bonchev–Trinajstić information content (AvgIpc) is 2.01. The normalized spacial score (nSPS) is 9.42. The average molecular weight is 252 g/mol. The van der Waals surface area contributed by atoms with Crippen LogP contribution in [-0.4, -0.2) is 16.5 Å². The summed E-state index contributed by atoms with van der Waals surface area (Å²) in [6.45, 7) is 0. The van der Waals surface area contributed by atoms with Crippen LogP contribution in [0.5, 0.6) is 0 Å². The van der Waals surface area contributed by atoms with E-state index < -0.39 is 0 Å². The van der Waals surface area contributed by atoms with Crippen molar-refractivity contribution < 1.29 is 5.21 Å². The summed E-state index contributed by atoms with van der Waals surface area (Å²) in [6.07, 6.45) is 2.78. The molecule has 1 heterocycles. The highest BCUT2D eigenvalue weighted by Gasteiger charge is 1.90. The molecule has 0 spiro atoms. The van der Waals surface area contributed by atoms with E-state index in [1.54, 1.807) is 18.3 Å². The van der Waals surface area contributed by atoms with E-state index in [1.165, 1.54) is 0 Å². The number of rotatable bonds is 2. The monoisotopic (exact) mass is 251 g/mol. The first-order valence-electron chi connectivity index (χ1n) is 2.87. The molecule has 0 saturated heterocycles. The van der Waals surface area contributed by atoms with Gasteiger partial charge in [-0.3, -0.25) is 0 Å². The number of nitrogens with zero attached hydrogens (tertiary/aromatic N) is 2. The van der Waals surface area contributed by atoms with Crippen molar-refractivity contribution in [2.45, 2.75) is 0 Å². The Balaban J connectivity index is 0.00000121. The smallest absolute Gasteiger partial charge is 0.133 e. The highest BCUT2D eigenvalue weighted by atomic mass is 79.9. The maximum absolute atomic E-state index is 8.06. The summed E-state index contributed by atoms with van der Waals surface area (Å²) in [7, 11) is 0. The van der Waals surface area contributed by atoms with Gasteiger partial charge in [-0.15, -0.1) is 12.4 Å². The standard InChI is InChI=1S/C6H6BrN3O.ClH/c7-5-1-2-8-6(3-5)9-4-10-11;/h1-4,11H,(H,8,9,10);1H. The van der Waals surface area contributed by atoms with Crippen molar-refractivity contribution in [3.63, 3.8) is 0 Å². The van der Waals surface area contributed by atoms with Gasteiger partial charge in [0.1, 0.15) is 12.2 Å². The molecule has 1 aromatic heterocycles. The zero-order chi connectivity index (χ0) is 8.10. The fraction of sp³-hybridized carbons (Fsp3) is 0. The van der Waals surface area contributed by atoms with Gasteiger partial charge in [-0.1, -0.05) is 21.1 Å². The van der Waals surface area contributed by atoms with Gasteiger partial charge in [0.15, 0.2) is 0 Å². The van der Waals surface area contributed by atoms with Crippen molar-refractivity contribution in [3.8, 4) is 0 Å². The molecular weight excluding hydrogens is 245 g/mol. The number of nitrogens with one attached hydrogen (secondary N) is 1.